The van der Waals surface area contributed by atoms with Crippen molar-refractivity contribution in [1.82, 2.24) is 9.29 Å². The molecule has 0 atom stereocenters. The number of aromatic amines is 1. The van der Waals surface area contributed by atoms with Gasteiger partial charge in [-0.2, -0.15) is 0 Å². The van der Waals surface area contributed by atoms with Crippen molar-refractivity contribution in [2.24, 2.45) is 5.92 Å². The van der Waals surface area contributed by atoms with Gasteiger partial charge in [-0.05, 0) is 85.2 Å². The number of halogens is 1. The number of hydrogen-bond donors (Lipinski definition) is 1. The quantitative estimate of drug-likeness (QED) is 0.443. The molecule has 3 nitrogen and oxygen atoms in total. The molecule has 2 aromatic carbocycles. The second kappa shape index (κ2) is 8.74. The van der Waals surface area contributed by atoms with E-state index in [1.807, 2.05) is 18.2 Å². The van der Waals surface area contributed by atoms with Gasteiger partial charge < -0.3 is 9.72 Å². The van der Waals surface area contributed by atoms with Gasteiger partial charge >= 0.3 is 0 Å². The maximum atomic E-state index is 14.7. The standard InChI is InChI=1S/C25H29FN2OS/c1-17-11-22(26)25-21(14-23(27-25)30-28-9-5-6-10-28)24(17)20-12-19(13-20)16-29-15-18-7-3-2-4-8-18/h2-4,7-8,11,14,19-20,27H,5-6,9-10,12-13,15-16H2,1H3. The van der Waals surface area contributed by atoms with Gasteiger partial charge in [0.1, 0.15) is 5.82 Å². The molecule has 1 aliphatic carbocycles. The summed E-state index contributed by atoms with van der Waals surface area (Å²) in [6.45, 7) is 5.76. The first-order valence-electron chi connectivity index (χ1n) is 11.0. The minimum atomic E-state index is -0.137. The summed E-state index contributed by atoms with van der Waals surface area (Å²) in [5.74, 6) is 0.955. The van der Waals surface area contributed by atoms with Crippen LogP contribution >= 0.6 is 11.9 Å². The monoisotopic (exact) mass is 424 g/mol. The van der Waals surface area contributed by atoms with Crippen molar-refractivity contribution in [2.45, 2.75) is 50.2 Å². The lowest BCUT2D eigenvalue weighted by Gasteiger charge is -2.36. The fourth-order valence-corrected chi connectivity index (χ4v) is 5.96. The Morgan fingerprint density at radius 1 is 1.13 bits per heavy atom. The molecule has 5 rings (SSSR count). The summed E-state index contributed by atoms with van der Waals surface area (Å²) in [7, 11) is 0. The fraction of sp³-hybridized carbons (Fsp3) is 0.440. The maximum absolute atomic E-state index is 14.7. The van der Waals surface area contributed by atoms with Crippen LogP contribution in [0, 0.1) is 18.7 Å². The highest BCUT2D eigenvalue weighted by atomic mass is 32.2. The minimum absolute atomic E-state index is 0.137. The normalized spacial score (nSPS) is 21.9. The number of hydrogen-bond acceptors (Lipinski definition) is 3. The lowest BCUT2D eigenvalue weighted by atomic mass is 9.70. The van der Waals surface area contributed by atoms with Gasteiger partial charge in [-0.3, -0.25) is 0 Å². The number of nitrogens with one attached hydrogen (secondary N) is 1. The molecule has 2 fully saturated rings. The molecule has 5 heteroatoms. The fourth-order valence-electron chi connectivity index (χ4n) is 4.92. The van der Waals surface area contributed by atoms with E-state index in [1.165, 1.54) is 24.0 Å². The van der Waals surface area contributed by atoms with E-state index in [0.29, 0.717) is 24.0 Å². The van der Waals surface area contributed by atoms with E-state index < -0.39 is 0 Å². The van der Waals surface area contributed by atoms with Crippen molar-refractivity contribution in [3.8, 4) is 0 Å². The van der Waals surface area contributed by atoms with Crippen LogP contribution in [0.15, 0.2) is 47.5 Å². The van der Waals surface area contributed by atoms with E-state index in [4.69, 9.17) is 4.74 Å². The summed E-state index contributed by atoms with van der Waals surface area (Å²) >= 11 is 1.74. The van der Waals surface area contributed by atoms with Crippen molar-refractivity contribution in [3.63, 3.8) is 0 Å². The molecule has 3 aromatic rings. The van der Waals surface area contributed by atoms with Crippen LogP contribution in [-0.2, 0) is 11.3 Å². The van der Waals surface area contributed by atoms with Crippen molar-refractivity contribution in [1.29, 1.82) is 0 Å². The van der Waals surface area contributed by atoms with E-state index in [2.05, 4.69) is 34.4 Å². The first-order valence-corrected chi connectivity index (χ1v) is 11.8. The molecule has 30 heavy (non-hydrogen) atoms. The number of aromatic nitrogens is 1. The smallest absolute Gasteiger partial charge is 0.147 e. The van der Waals surface area contributed by atoms with Gasteiger partial charge in [0.15, 0.2) is 0 Å². The van der Waals surface area contributed by atoms with Crippen LogP contribution in [0.3, 0.4) is 0 Å². The zero-order chi connectivity index (χ0) is 20.5. The summed E-state index contributed by atoms with van der Waals surface area (Å²) in [6.07, 6.45) is 4.75. The summed E-state index contributed by atoms with van der Waals surface area (Å²) < 4.78 is 23.0. The van der Waals surface area contributed by atoms with Gasteiger partial charge in [0, 0.05) is 25.1 Å². The molecule has 1 aromatic heterocycles. The van der Waals surface area contributed by atoms with Crippen LogP contribution in [0.25, 0.3) is 10.9 Å². The Hall–Kier alpha value is -1.82. The Labute approximate surface area is 182 Å². The Bertz CT molecular complexity index is 1010. The SMILES string of the molecule is Cc1cc(F)c2[nH]c(SN3CCCC3)cc2c1C1CC(COCc2ccccc2)C1. The highest BCUT2D eigenvalue weighted by Gasteiger charge is 2.33. The number of ether oxygens (including phenoxy) is 1. The molecule has 0 spiro atoms. The molecule has 0 radical (unpaired) electrons. The van der Waals surface area contributed by atoms with Crippen molar-refractivity contribution < 1.29 is 9.13 Å². The van der Waals surface area contributed by atoms with Crippen LogP contribution in [0.4, 0.5) is 4.39 Å². The zero-order valence-corrected chi connectivity index (χ0v) is 18.3. The number of rotatable bonds is 7. The lowest BCUT2D eigenvalue weighted by molar-refractivity contribution is 0.0509. The molecule has 2 aliphatic rings. The molecular formula is C25H29FN2OS. The third-order valence-corrected chi connectivity index (χ3v) is 7.53. The molecule has 1 saturated carbocycles. The van der Waals surface area contributed by atoms with Gasteiger partial charge in [0.2, 0.25) is 0 Å². The van der Waals surface area contributed by atoms with Crippen LogP contribution < -0.4 is 0 Å². The second-order valence-electron chi connectivity index (χ2n) is 8.77. The number of benzene rings is 2. The van der Waals surface area contributed by atoms with Crippen LogP contribution in [0.5, 0.6) is 0 Å². The summed E-state index contributed by atoms with van der Waals surface area (Å²) in [5.41, 5.74) is 4.29. The van der Waals surface area contributed by atoms with Crippen LogP contribution in [-0.4, -0.2) is 29.0 Å². The van der Waals surface area contributed by atoms with E-state index in [1.54, 1.807) is 18.0 Å². The lowest BCUT2D eigenvalue weighted by Crippen LogP contribution is -2.26. The van der Waals surface area contributed by atoms with Gasteiger partial charge in [0.25, 0.3) is 0 Å². The number of nitrogens with zero attached hydrogens (tertiary/aromatic N) is 1. The predicted molar refractivity (Wildman–Crippen MR) is 121 cm³/mol. The molecule has 158 valence electrons. The highest BCUT2D eigenvalue weighted by molar-refractivity contribution is 7.97. The first-order chi connectivity index (χ1) is 14.7. The van der Waals surface area contributed by atoms with Gasteiger partial charge in [-0.25, -0.2) is 8.70 Å². The highest BCUT2D eigenvalue weighted by Crippen LogP contribution is 2.46. The zero-order valence-electron chi connectivity index (χ0n) is 17.5. The summed E-state index contributed by atoms with van der Waals surface area (Å²) in [5, 5.41) is 2.13. The molecule has 0 amide bonds. The van der Waals surface area contributed by atoms with Crippen molar-refractivity contribution >= 4 is 22.9 Å². The van der Waals surface area contributed by atoms with E-state index in [0.717, 1.165) is 48.5 Å². The Balaban J connectivity index is 1.25. The Kier molecular flexibility index (Phi) is 5.85. The van der Waals surface area contributed by atoms with Crippen molar-refractivity contribution in [2.75, 3.05) is 19.7 Å². The number of aryl methyl sites for hydroxylation is 1. The second-order valence-corrected chi connectivity index (χ2v) is 9.91. The predicted octanol–water partition coefficient (Wildman–Crippen LogP) is 6.43. The van der Waals surface area contributed by atoms with Gasteiger partial charge in [-0.15, -0.1) is 0 Å². The summed E-state index contributed by atoms with van der Waals surface area (Å²) in [6, 6.07) is 14.2. The molecule has 0 unspecified atom stereocenters. The van der Waals surface area contributed by atoms with E-state index >= 15 is 0 Å². The third kappa shape index (κ3) is 4.16. The third-order valence-electron chi connectivity index (χ3n) is 6.49. The molecule has 1 N–H and O–H groups in total. The number of H-pyrrole nitrogens is 1. The molecule has 1 aliphatic heterocycles. The van der Waals surface area contributed by atoms with E-state index in [-0.39, 0.29) is 5.82 Å². The van der Waals surface area contributed by atoms with Gasteiger partial charge in [-0.1, -0.05) is 30.3 Å². The molecule has 0 bridgehead atoms. The summed E-state index contributed by atoms with van der Waals surface area (Å²) in [4.78, 5) is 3.35. The average molecular weight is 425 g/mol. The molecule has 2 heterocycles. The topological polar surface area (TPSA) is 28.3 Å². The van der Waals surface area contributed by atoms with E-state index in [9.17, 15) is 4.39 Å². The first kappa shape index (κ1) is 20.1. The Morgan fingerprint density at radius 2 is 1.90 bits per heavy atom. The maximum Gasteiger partial charge on any atom is 0.147 e. The van der Waals surface area contributed by atoms with Gasteiger partial charge in [0.05, 0.1) is 17.1 Å². The van der Waals surface area contributed by atoms with Crippen LogP contribution in [0.2, 0.25) is 0 Å². The largest absolute Gasteiger partial charge is 0.376 e. The van der Waals surface area contributed by atoms with Crippen molar-refractivity contribution in [3.05, 3.63) is 65.0 Å². The minimum Gasteiger partial charge on any atom is -0.376 e. The van der Waals surface area contributed by atoms with Crippen LogP contribution in [0.1, 0.15) is 48.3 Å². The average Bonchev–Trinajstić information content (AvgIpc) is 3.36. The Morgan fingerprint density at radius 3 is 2.67 bits per heavy atom. The molecular weight excluding hydrogens is 395 g/mol. The molecule has 1 saturated heterocycles. The number of fused-ring (bicyclic) bond motifs is 1.